The quantitative estimate of drug-likeness (QED) is 0.691. The number of aromatic nitrogens is 1. The molecule has 2 heterocycles. The van der Waals surface area contributed by atoms with E-state index >= 15 is 0 Å². The van der Waals surface area contributed by atoms with Gasteiger partial charge < -0.3 is 15.0 Å². The molecular formula is C20H27N3O4S. The monoisotopic (exact) mass is 405 g/mol. The van der Waals surface area contributed by atoms with E-state index < -0.39 is 10.0 Å². The second-order valence-corrected chi connectivity index (χ2v) is 9.10. The van der Waals surface area contributed by atoms with Crippen LogP contribution in [0.2, 0.25) is 0 Å². The number of hydrogen-bond acceptors (Lipinski definition) is 4. The Hall–Kier alpha value is -2.32. The number of amides is 1. The molecule has 1 amide bonds. The average Bonchev–Trinajstić information content (AvgIpc) is 3.10. The van der Waals surface area contributed by atoms with Gasteiger partial charge in [-0.05, 0) is 49.4 Å². The van der Waals surface area contributed by atoms with Gasteiger partial charge in [0.2, 0.25) is 10.0 Å². The minimum Gasteiger partial charge on any atom is -0.508 e. The number of nitrogens with one attached hydrogen (secondary N) is 1. The number of piperidine rings is 1. The Morgan fingerprint density at radius 1 is 1.14 bits per heavy atom. The van der Waals surface area contributed by atoms with Crippen molar-refractivity contribution in [2.75, 3.05) is 19.6 Å². The Kier molecular flexibility index (Phi) is 6.41. The first-order valence-electron chi connectivity index (χ1n) is 9.60. The smallest absolute Gasteiger partial charge is 0.267 e. The van der Waals surface area contributed by atoms with Gasteiger partial charge in [0.25, 0.3) is 5.91 Å². The zero-order valence-corrected chi connectivity index (χ0v) is 16.9. The van der Waals surface area contributed by atoms with Crippen LogP contribution in [-0.2, 0) is 23.5 Å². The first kappa shape index (κ1) is 20.4. The molecule has 7 nitrogen and oxygen atoms in total. The van der Waals surface area contributed by atoms with Crippen LogP contribution in [-0.4, -0.2) is 47.9 Å². The highest BCUT2D eigenvalue weighted by molar-refractivity contribution is 7.89. The van der Waals surface area contributed by atoms with Crippen LogP contribution >= 0.6 is 0 Å². The summed E-state index contributed by atoms with van der Waals surface area (Å²) in [6, 6.07) is 8.45. The molecule has 1 aromatic carbocycles. The zero-order chi connectivity index (χ0) is 20.1. The maximum absolute atomic E-state index is 12.8. The van der Waals surface area contributed by atoms with Crippen molar-refractivity contribution in [1.29, 1.82) is 0 Å². The molecule has 0 unspecified atom stereocenters. The predicted octanol–water partition coefficient (Wildman–Crippen LogP) is 2.27. The lowest BCUT2D eigenvalue weighted by Crippen LogP contribution is -2.35. The minimum atomic E-state index is -3.55. The number of phenolic OH excluding ortho intramolecular Hbond substituents is 1. The van der Waals surface area contributed by atoms with Gasteiger partial charge in [0.15, 0.2) is 0 Å². The van der Waals surface area contributed by atoms with Crippen molar-refractivity contribution in [3.05, 3.63) is 47.8 Å². The van der Waals surface area contributed by atoms with Crippen molar-refractivity contribution in [2.45, 2.75) is 37.0 Å². The van der Waals surface area contributed by atoms with E-state index in [9.17, 15) is 18.3 Å². The lowest BCUT2D eigenvalue weighted by molar-refractivity contribution is 0.0945. The van der Waals surface area contributed by atoms with E-state index in [2.05, 4.69) is 5.32 Å². The fourth-order valence-electron chi connectivity index (χ4n) is 3.40. The van der Waals surface area contributed by atoms with Gasteiger partial charge in [0, 0.05) is 32.9 Å². The van der Waals surface area contributed by atoms with Gasteiger partial charge in [-0.2, -0.15) is 4.31 Å². The maximum atomic E-state index is 12.8. The van der Waals surface area contributed by atoms with Crippen LogP contribution in [0, 0.1) is 0 Å². The summed E-state index contributed by atoms with van der Waals surface area (Å²) in [6.07, 6.45) is 5.84. The summed E-state index contributed by atoms with van der Waals surface area (Å²) < 4.78 is 28.6. The molecule has 1 aromatic heterocycles. The van der Waals surface area contributed by atoms with Crippen LogP contribution in [0.4, 0.5) is 0 Å². The molecule has 0 bridgehead atoms. The number of aromatic hydroxyl groups is 1. The van der Waals surface area contributed by atoms with Crippen LogP contribution < -0.4 is 5.32 Å². The highest BCUT2D eigenvalue weighted by Gasteiger charge is 2.28. The van der Waals surface area contributed by atoms with E-state index in [-0.39, 0.29) is 16.6 Å². The number of carbonyl (C=O) groups excluding carboxylic acids is 1. The summed E-state index contributed by atoms with van der Waals surface area (Å²) in [5, 5.41) is 12.1. The molecule has 1 fully saturated rings. The summed E-state index contributed by atoms with van der Waals surface area (Å²) in [6.45, 7) is 1.56. The van der Waals surface area contributed by atoms with E-state index in [1.54, 1.807) is 23.7 Å². The van der Waals surface area contributed by atoms with Gasteiger partial charge in [0.1, 0.15) is 16.3 Å². The van der Waals surface area contributed by atoms with Gasteiger partial charge in [0.05, 0.1) is 0 Å². The number of carbonyl (C=O) groups is 1. The van der Waals surface area contributed by atoms with Gasteiger partial charge >= 0.3 is 0 Å². The van der Waals surface area contributed by atoms with Crippen LogP contribution in [0.15, 0.2) is 41.4 Å². The lowest BCUT2D eigenvalue weighted by Gasteiger charge is -2.25. The second-order valence-electron chi connectivity index (χ2n) is 7.16. The predicted molar refractivity (Wildman–Crippen MR) is 107 cm³/mol. The molecule has 0 radical (unpaired) electrons. The molecule has 0 atom stereocenters. The molecular weight excluding hydrogens is 378 g/mol. The van der Waals surface area contributed by atoms with Crippen molar-refractivity contribution in [2.24, 2.45) is 7.05 Å². The first-order valence-corrected chi connectivity index (χ1v) is 11.0. The van der Waals surface area contributed by atoms with Gasteiger partial charge in [-0.25, -0.2) is 8.42 Å². The largest absolute Gasteiger partial charge is 0.508 e. The molecule has 1 aliphatic heterocycles. The molecule has 3 rings (SSSR count). The third kappa shape index (κ3) is 4.74. The normalized spacial score (nSPS) is 15.5. The van der Waals surface area contributed by atoms with Gasteiger partial charge in [-0.3, -0.25) is 4.79 Å². The van der Waals surface area contributed by atoms with Crippen LogP contribution in [0.5, 0.6) is 5.75 Å². The average molecular weight is 406 g/mol. The first-order chi connectivity index (χ1) is 13.4. The Morgan fingerprint density at radius 2 is 1.82 bits per heavy atom. The van der Waals surface area contributed by atoms with Gasteiger partial charge in [-0.1, -0.05) is 18.6 Å². The Morgan fingerprint density at radius 3 is 2.50 bits per heavy atom. The van der Waals surface area contributed by atoms with E-state index in [1.165, 1.54) is 16.6 Å². The summed E-state index contributed by atoms with van der Waals surface area (Å²) in [5.74, 6) is -0.0515. The SMILES string of the molecule is Cn1cc(S(=O)(=O)N2CCCCC2)cc1C(=O)NCCCc1ccc(O)cc1. The molecule has 8 heteroatoms. The van der Waals surface area contributed by atoms with Crippen LogP contribution in [0.25, 0.3) is 0 Å². The molecule has 0 aliphatic carbocycles. The summed E-state index contributed by atoms with van der Waals surface area (Å²) >= 11 is 0. The molecule has 1 aliphatic rings. The Bertz CT molecular complexity index is 913. The number of rotatable bonds is 7. The number of aryl methyl sites for hydroxylation is 2. The highest BCUT2D eigenvalue weighted by atomic mass is 32.2. The third-order valence-electron chi connectivity index (χ3n) is 5.03. The van der Waals surface area contributed by atoms with E-state index in [4.69, 9.17) is 0 Å². The summed E-state index contributed by atoms with van der Waals surface area (Å²) in [5.41, 5.74) is 1.42. The van der Waals surface area contributed by atoms with Crippen molar-refractivity contribution in [3.63, 3.8) is 0 Å². The molecule has 0 spiro atoms. The van der Waals surface area contributed by atoms with E-state index in [0.717, 1.165) is 37.7 Å². The van der Waals surface area contributed by atoms with Crippen molar-refractivity contribution < 1.29 is 18.3 Å². The number of phenols is 1. The molecule has 28 heavy (non-hydrogen) atoms. The third-order valence-corrected chi connectivity index (χ3v) is 6.89. The van der Waals surface area contributed by atoms with E-state index in [0.29, 0.717) is 25.3 Å². The Labute approximate surface area is 166 Å². The van der Waals surface area contributed by atoms with Crippen molar-refractivity contribution in [3.8, 4) is 5.75 Å². The fourth-order valence-corrected chi connectivity index (χ4v) is 4.99. The number of benzene rings is 1. The van der Waals surface area contributed by atoms with Crippen LogP contribution in [0.3, 0.4) is 0 Å². The van der Waals surface area contributed by atoms with Crippen LogP contribution in [0.1, 0.15) is 41.7 Å². The van der Waals surface area contributed by atoms with Gasteiger partial charge in [-0.15, -0.1) is 0 Å². The fraction of sp³-hybridized carbons (Fsp3) is 0.450. The second kappa shape index (κ2) is 8.79. The molecule has 0 saturated carbocycles. The summed E-state index contributed by atoms with van der Waals surface area (Å²) in [7, 11) is -1.87. The summed E-state index contributed by atoms with van der Waals surface area (Å²) in [4.78, 5) is 12.6. The highest BCUT2D eigenvalue weighted by Crippen LogP contribution is 2.22. The standard InChI is InChI=1S/C20H27N3O4S/c1-22-15-18(28(26,27)23-12-3-2-4-13-23)14-19(22)20(25)21-11-5-6-16-7-9-17(24)10-8-16/h7-10,14-15,24H,2-6,11-13H2,1H3,(H,21,25). The molecule has 2 N–H and O–H groups in total. The molecule has 1 saturated heterocycles. The van der Waals surface area contributed by atoms with E-state index in [1.807, 2.05) is 12.1 Å². The topological polar surface area (TPSA) is 91.6 Å². The lowest BCUT2D eigenvalue weighted by atomic mass is 10.1. The minimum absolute atomic E-state index is 0.172. The number of sulfonamides is 1. The zero-order valence-electron chi connectivity index (χ0n) is 16.1. The molecule has 2 aromatic rings. The molecule has 152 valence electrons. The van der Waals surface area contributed by atoms with Crippen molar-refractivity contribution in [1.82, 2.24) is 14.2 Å². The maximum Gasteiger partial charge on any atom is 0.267 e. The van der Waals surface area contributed by atoms with Crippen molar-refractivity contribution >= 4 is 15.9 Å². The number of hydrogen-bond donors (Lipinski definition) is 2. The Balaban J connectivity index is 1.57. The number of nitrogens with zero attached hydrogens (tertiary/aromatic N) is 2.